The largest absolute Gasteiger partial charge is 0.493 e. The molecule has 2 heterocycles. The molecule has 32 heavy (non-hydrogen) atoms. The van der Waals surface area contributed by atoms with Gasteiger partial charge in [0.25, 0.3) is 5.56 Å². The summed E-state index contributed by atoms with van der Waals surface area (Å²) in [5.74, 6) is 2.44. The van der Waals surface area contributed by atoms with Gasteiger partial charge in [0.2, 0.25) is 11.8 Å². The second kappa shape index (κ2) is 9.86. The third-order valence-electron chi connectivity index (χ3n) is 4.98. The van der Waals surface area contributed by atoms with Crippen LogP contribution in [0.15, 0.2) is 56.8 Å². The zero-order chi connectivity index (χ0) is 22.5. The molecule has 0 aliphatic rings. The van der Waals surface area contributed by atoms with Crippen LogP contribution in [0.2, 0.25) is 0 Å². The van der Waals surface area contributed by atoms with Crippen LogP contribution in [0.5, 0.6) is 11.5 Å². The highest BCUT2D eigenvalue weighted by Gasteiger charge is 2.15. The lowest BCUT2D eigenvalue weighted by Gasteiger charge is -2.12. The number of nitrogens with zero attached hydrogens (tertiary/aromatic N) is 4. The fourth-order valence-corrected chi connectivity index (χ4v) is 4.16. The minimum absolute atomic E-state index is 0.0249. The SMILES string of the molecule is CCCCn1c(SCc2nnc(-c3ccc(OC)c(OC)c3)o2)nc2ccccc2c1=O. The summed E-state index contributed by atoms with van der Waals surface area (Å²) in [6, 6.07) is 12.8. The zero-order valence-electron chi connectivity index (χ0n) is 18.2. The second-order valence-corrected chi connectivity index (χ2v) is 8.02. The molecular weight excluding hydrogens is 428 g/mol. The van der Waals surface area contributed by atoms with Crippen LogP contribution >= 0.6 is 11.8 Å². The molecule has 0 atom stereocenters. The number of unbranched alkanes of at least 4 members (excludes halogenated alkanes) is 1. The number of thioether (sulfide) groups is 1. The lowest BCUT2D eigenvalue weighted by molar-refractivity contribution is 0.355. The summed E-state index contributed by atoms with van der Waals surface area (Å²) in [4.78, 5) is 17.7. The Morgan fingerprint density at radius 3 is 2.66 bits per heavy atom. The van der Waals surface area contributed by atoms with Crippen LogP contribution in [-0.4, -0.2) is 34.0 Å². The zero-order valence-corrected chi connectivity index (χ0v) is 19.0. The van der Waals surface area contributed by atoms with Crippen molar-refractivity contribution in [3.8, 4) is 23.0 Å². The predicted molar refractivity (Wildman–Crippen MR) is 123 cm³/mol. The summed E-state index contributed by atoms with van der Waals surface area (Å²) < 4.78 is 18.2. The van der Waals surface area contributed by atoms with E-state index in [1.54, 1.807) is 30.9 Å². The van der Waals surface area contributed by atoms with Gasteiger partial charge in [0, 0.05) is 12.1 Å². The van der Waals surface area contributed by atoms with Crippen molar-refractivity contribution in [1.82, 2.24) is 19.7 Å². The van der Waals surface area contributed by atoms with E-state index < -0.39 is 0 Å². The highest BCUT2D eigenvalue weighted by atomic mass is 32.2. The minimum Gasteiger partial charge on any atom is -0.493 e. The summed E-state index contributed by atoms with van der Waals surface area (Å²) in [6.45, 7) is 2.72. The van der Waals surface area contributed by atoms with Gasteiger partial charge in [-0.1, -0.05) is 37.2 Å². The molecule has 0 spiro atoms. The molecule has 2 aromatic carbocycles. The molecular formula is C23H24N4O4S. The van der Waals surface area contributed by atoms with Crippen LogP contribution in [0, 0.1) is 0 Å². The standard InChI is InChI=1S/C23H24N4O4S/c1-4-5-12-27-22(28)16-8-6-7-9-17(16)24-23(27)32-14-20-25-26-21(31-20)15-10-11-18(29-2)19(13-15)30-3/h6-11,13H,4-5,12,14H2,1-3H3. The Labute approximate surface area is 189 Å². The molecule has 8 nitrogen and oxygen atoms in total. The molecule has 9 heteroatoms. The average molecular weight is 453 g/mol. The average Bonchev–Trinajstić information content (AvgIpc) is 3.31. The number of hydrogen-bond acceptors (Lipinski definition) is 8. The Kier molecular flexibility index (Phi) is 6.75. The number of hydrogen-bond donors (Lipinski definition) is 0. The molecule has 0 unspecified atom stereocenters. The first-order valence-electron chi connectivity index (χ1n) is 10.3. The van der Waals surface area contributed by atoms with Crippen molar-refractivity contribution in [2.24, 2.45) is 0 Å². The molecule has 0 radical (unpaired) electrons. The van der Waals surface area contributed by atoms with E-state index in [0.717, 1.165) is 18.4 Å². The maximum atomic E-state index is 13.0. The third kappa shape index (κ3) is 4.47. The fourth-order valence-electron chi connectivity index (χ4n) is 3.30. The van der Waals surface area contributed by atoms with Crippen molar-refractivity contribution in [2.75, 3.05) is 14.2 Å². The summed E-state index contributed by atoms with van der Waals surface area (Å²) >= 11 is 1.41. The molecule has 0 bridgehead atoms. The molecule has 4 aromatic rings. The third-order valence-corrected chi connectivity index (χ3v) is 5.95. The lowest BCUT2D eigenvalue weighted by atomic mass is 10.2. The first kappa shape index (κ1) is 21.9. The molecule has 4 rings (SSSR count). The number of aromatic nitrogens is 4. The maximum absolute atomic E-state index is 13.0. The van der Waals surface area contributed by atoms with Gasteiger partial charge in [0.15, 0.2) is 16.7 Å². The van der Waals surface area contributed by atoms with Gasteiger partial charge < -0.3 is 13.9 Å². The molecule has 0 aliphatic carbocycles. The van der Waals surface area contributed by atoms with E-state index in [0.29, 0.717) is 51.6 Å². The number of benzene rings is 2. The Morgan fingerprint density at radius 1 is 1.06 bits per heavy atom. The van der Waals surface area contributed by atoms with Crippen molar-refractivity contribution >= 4 is 22.7 Å². The van der Waals surface area contributed by atoms with Gasteiger partial charge in [-0.25, -0.2) is 4.98 Å². The van der Waals surface area contributed by atoms with Crippen LogP contribution in [0.25, 0.3) is 22.4 Å². The Bertz CT molecular complexity index is 1280. The molecule has 2 aromatic heterocycles. The van der Waals surface area contributed by atoms with E-state index in [2.05, 4.69) is 17.1 Å². The maximum Gasteiger partial charge on any atom is 0.262 e. The normalized spacial score (nSPS) is 11.1. The number of methoxy groups -OCH3 is 2. The summed E-state index contributed by atoms with van der Waals surface area (Å²) in [5.41, 5.74) is 1.39. The summed E-state index contributed by atoms with van der Waals surface area (Å²) in [6.07, 6.45) is 1.89. The topological polar surface area (TPSA) is 92.3 Å². The van der Waals surface area contributed by atoms with Gasteiger partial charge in [-0.3, -0.25) is 9.36 Å². The monoisotopic (exact) mass is 452 g/mol. The highest BCUT2D eigenvalue weighted by molar-refractivity contribution is 7.98. The summed E-state index contributed by atoms with van der Waals surface area (Å²) in [5, 5.41) is 9.58. The van der Waals surface area contributed by atoms with Gasteiger partial charge in [-0.2, -0.15) is 0 Å². The van der Waals surface area contributed by atoms with Crippen LogP contribution in [0.1, 0.15) is 25.7 Å². The van der Waals surface area contributed by atoms with E-state index in [1.807, 2.05) is 30.3 Å². The number of rotatable bonds is 9. The van der Waals surface area contributed by atoms with Gasteiger partial charge >= 0.3 is 0 Å². The van der Waals surface area contributed by atoms with Gasteiger partial charge in [0.05, 0.1) is 30.9 Å². The number of fused-ring (bicyclic) bond motifs is 1. The Balaban J connectivity index is 1.58. The quantitative estimate of drug-likeness (QED) is 0.270. The van der Waals surface area contributed by atoms with Crippen LogP contribution in [0.4, 0.5) is 0 Å². The molecule has 0 saturated carbocycles. The van der Waals surface area contributed by atoms with E-state index in [9.17, 15) is 4.79 Å². The number of ether oxygens (including phenoxy) is 2. The molecule has 0 aliphatic heterocycles. The fraction of sp³-hybridized carbons (Fsp3) is 0.304. The predicted octanol–water partition coefficient (Wildman–Crippen LogP) is 4.56. The molecule has 0 fully saturated rings. The molecule has 0 saturated heterocycles. The number of para-hydroxylation sites is 1. The smallest absolute Gasteiger partial charge is 0.262 e. The van der Waals surface area contributed by atoms with Crippen LogP contribution < -0.4 is 15.0 Å². The van der Waals surface area contributed by atoms with E-state index in [-0.39, 0.29) is 5.56 Å². The van der Waals surface area contributed by atoms with Crippen molar-refractivity contribution < 1.29 is 13.9 Å². The Hall–Kier alpha value is -3.33. The first-order valence-corrected chi connectivity index (χ1v) is 11.3. The van der Waals surface area contributed by atoms with E-state index in [1.165, 1.54) is 11.8 Å². The molecule has 0 amide bonds. The van der Waals surface area contributed by atoms with E-state index >= 15 is 0 Å². The van der Waals surface area contributed by atoms with Crippen molar-refractivity contribution in [3.63, 3.8) is 0 Å². The van der Waals surface area contributed by atoms with Gasteiger partial charge in [-0.15, -0.1) is 10.2 Å². The minimum atomic E-state index is -0.0249. The highest BCUT2D eigenvalue weighted by Crippen LogP contribution is 2.32. The van der Waals surface area contributed by atoms with Crippen LogP contribution in [-0.2, 0) is 12.3 Å². The van der Waals surface area contributed by atoms with Gasteiger partial charge in [-0.05, 0) is 36.8 Å². The summed E-state index contributed by atoms with van der Waals surface area (Å²) in [7, 11) is 3.16. The Morgan fingerprint density at radius 2 is 1.88 bits per heavy atom. The van der Waals surface area contributed by atoms with E-state index in [4.69, 9.17) is 18.9 Å². The van der Waals surface area contributed by atoms with Gasteiger partial charge in [0.1, 0.15) is 0 Å². The van der Waals surface area contributed by atoms with Crippen LogP contribution in [0.3, 0.4) is 0 Å². The second-order valence-electron chi connectivity index (χ2n) is 7.08. The first-order chi connectivity index (χ1) is 15.6. The lowest BCUT2D eigenvalue weighted by Crippen LogP contribution is -2.23. The van der Waals surface area contributed by atoms with Crippen molar-refractivity contribution in [3.05, 3.63) is 58.7 Å². The van der Waals surface area contributed by atoms with Crippen molar-refractivity contribution in [1.29, 1.82) is 0 Å². The molecule has 0 N–H and O–H groups in total. The molecule has 166 valence electrons. The van der Waals surface area contributed by atoms with Crippen molar-refractivity contribution in [2.45, 2.75) is 37.2 Å².